The van der Waals surface area contributed by atoms with E-state index >= 15 is 0 Å². The number of hydrogen-bond acceptors (Lipinski definition) is 4. The van der Waals surface area contributed by atoms with Crippen molar-refractivity contribution in [3.8, 4) is 0 Å². The van der Waals surface area contributed by atoms with Gasteiger partial charge >= 0.3 is 12.1 Å². The summed E-state index contributed by atoms with van der Waals surface area (Å²) in [5.41, 5.74) is 1.89. The summed E-state index contributed by atoms with van der Waals surface area (Å²) in [7, 11) is 0. The predicted molar refractivity (Wildman–Crippen MR) is 94.7 cm³/mol. The lowest BCUT2D eigenvalue weighted by Crippen LogP contribution is -2.33. The molecule has 0 radical (unpaired) electrons. The number of amides is 1. The van der Waals surface area contributed by atoms with Crippen LogP contribution in [0.1, 0.15) is 24.5 Å². The zero-order valence-corrected chi connectivity index (χ0v) is 14.4. The quantitative estimate of drug-likeness (QED) is 0.686. The summed E-state index contributed by atoms with van der Waals surface area (Å²) < 4.78 is 10.3. The number of nitrogens with zero attached hydrogens (tertiary/aromatic N) is 1. The number of esters is 1. The third kappa shape index (κ3) is 6.67. The van der Waals surface area contributed by atoms with Crippen molar-refractivity contribution in [1.82, 2.24) is 4.90 Å². The van der Waals surface area contributed by atoms with Crippen LogP contribution in [0.4, 0.5) is 4.79 Å². The first-order valence-corrected chi connectivity index (χ1v) is 8.34. The molecule has 0 heterocycles. The van der Waals surface area contributed by atoms with Gasteiger partial charge in [0.25, 0.3) is 0 Å². The number of rotatable bonds is 8. The fraction of sp³-hybridized carbons (Fsp3) is 0.300. The molecule has 0 aliphatic carbocycles. The molecule has 5 heteroatoms. The summed E-state index contributed by atoms with van der Waals surface area (Å²) in [6.07, 6.45) is -0.307. The number of carbonyl (C=O) groups is 2. The summed E-state index contributed by atoms with van der Waals surface area (Å²) in [5, 5.41) is 0. The van der Waals surface area contributed by atoms with E-state index < -0.39 is 6.09 Å². The molecular formula is C20H23NO4. The minimum atomic E-state index is -0.447. The third-order valence-corrected chi connectivity index (χ3v) is 3.57. The van der Waals surface area contributed by atoms with Gasteiger partial charge in [-0.3, -0.25) is 4.79 Å². The number of ether oxygens (including phenoxy) is 2. The molecule has 2 aromatic rings. The Morgan fingerprint density at radius 2 is 1.48 bits per heavy atom. The summed E-state index contributed by atoms with van der Waals surface area (Å²) in [6.45, 7) is 2.92. The first-order chi connectivity index (χ1) is 12.2. The Bertz CT molecular complexity index is 658. The predicted octanol–water partition coefficient (Wildman–Crippen LogP) is 3.78. The molecule has 2 aromatic carbocycles. The minimum Gasteiger partial charge on any atom is -0.466 e. The van der Waals surface area contributed by atoms with E-state index in [1.807, 2.05) is 60.7 Å². The summed E-state index contributed by atoms with van der Waals surface area (Å²) in [4.78, 5) is 25.6. The maximum Gasteiger partial charge on any atom is 0.410 e. The van der Waals surface area contributed by atoms with E-state index in [0.717, 1.165) is 11.1 Å². The van der Waals surface area contributed by atoms with Crippen LogP contribution in [-0.4, -0.2) is 30.1 Å². The highest BCUT2D eigenvalue weighted by Crippen LogP contribution is 2.09. The minimum absolute atomic E-state index is 0.140. The van der Waals surface area contributed by atoms with Crippen molar-refractivity contribution >= 4 is 12.1 Å². The Morgan fingerprint density at radius 1 is 0.880 bits per heavy atom. The van der Waals surface area contributed by atoms with Crippen LogP contribution in [-0.2, 0) is 27.4 Å². The summed E-state index contributed by atoms with van der Waals surface area (Å²) in [6, 6.07) is 19.1. The van der Waals surface area contributed by atoms with Crippen LogP contribution in [0.25, 0.3) is 0 Å². The van der Waals surface area contributed by atoms with Gasteiger partial charge in [-0.15, -0.1) is 0 Å². The molecule has 2 rings (SSSR count). The largest absolute Gasteiger partial charge is 0.466 e. The average molecular weight is 341 g/mol. The highest BCUT2D eigenvalue weighted by Gasteiger charge is 2.17. The highest BCUT2D eigenvalue weighted by atomic mass is 16.6. The smallest absolute Gasteiger partial charge is 0.410 e. The molecule has 132 valence electrons. The van der Waals surface area contributed by atoms with Gasteiger partial charge < -0.3 is 14.4 Å². The van der Waals surface area contributed by atoms with Gasteiger partial charge in [-0.2, -0.15) is 0 Å². The molecular weight excluding hydrogens is 318 g/mol. The first kappa shape index (κ1) is 18.5. The zero-order chi connectivity index (χ0) is 17.9. The standard InChI is InChI=1S/C20H23NO4/c1-2-24-19(22)13-14-21(15-17-9-5-3-6-10-17)20(23)25-16-18-11-7-4-8-12-18/h3-12H,2,13-16H2,1H3. The third-order valence-electron chi connectivity index (χ3n) is 3.57. The van der Waals surface area contributed by atoms with Crippen molar-refractivity contribution in [1.29, 1.82) is 0 Å². The summed E-state index contributed by atoms with van der Waals surface area (Å²) >= 11 is 0. The van der Waals surface area contributed by atoms with Crippen molar-refractivity contribution in [3.63, 3.8) is 0 Å². The lowest BCUT2D eigenvalue weighted by atomic mass is 10.2. The van der Waals surface area contributed by atoms with Crippen LogP contribution in [0.2, 0.25) is 0 Å². The van der Waals surface area contributed by atoms with Gasteiger partial charge in [0.05, 0.1) is 13.0 Å². The van der Waals surface area contributed by atoms with Crippen LogP contribution in [0.3, 0.4) is 0 Å². The molecule has 0 N–H and O–H groups in total. The second-order valence-corrected chi connectivity index (χ2v) is 5.50. The molecule has 25 heavy (non-hydrogen) atoms. The van der Waals surface area contributed by atoms with Crippen LogP contribution >= 0.6 is 0 Å². The molecule has 0 fully saturated rings. The van der Waals surface area contributed by atoms with Crippen LogP contribution in [0, 0.1) is 0 Å². The molecule has 5 nitrogen and oxygen atoms in total. The van der Waals surface area contributed by atoms with E-state index in [9.17, 15) is 9.59 Å². The fourth-order valence-electron chi connectivity index (χ4n) is 2.31. The van der Waals surface area contributed by atoms with Gasteiger partial charge in [-0.1, -0.05) is 60.7 Å². The second kappa shape index (κ2) is 10.1. The van der Waals surface area contributed by atoms with E-state index in [0.29, 0.717) is 13.2 Å². The van der Waals surface area contributed by atoms with Gasteiger partial charge in [-0.05, 0) is 18.1 Å². The van der Waals surface area contributed by atoms with Gasteiger partial charge in [0.1, 0.15) is 6.61 Å². The van der Waals surface area contributed by atoms with Crippen LogP contribution < -0.4 is 0 Å². The number of hydrogen-bond donors (Lipinski definition) is 0. The molecule has 0 aliphatic rings. The molecule has 1 amide bonds. The van der Waals surface area contributed by atoms with E-state index in [1.54, 1.807) is 6.92 Å². The Labute approximate surface area is 148 Å². The topological polar surface area (TPSA) is 55.8 Å². The molecule has 0 aromatic heterocycles. The highest BCUT2D eigenvalue weighted by molar-refractivity contribution is 5.72. The first-order valence-electron chi connectivity index (χ1n) is 8.34. The normalized spacial score (nSPS) is 10.1. The lowest BCUT2D eigenvalue weighted by Gasteiger charge is -2.22. The van der Waals surface area contributed by atoms with Crippen molar-refractivity contribution < 1.29 is 19.1 Å². The summed E-state index contributed by atoms with van der Waals surface area (Å²) in [5.74, 6) is -0.323. The van der Waals surface area contributed by atoms with Gasteiger partial charge in [0.2, 0.25) is 0 Å². The van der Waals surface area contributed by atoms with Gasteiger partial charge in [0, 0.05) is 13.1 Å². The van der Waals surface area contributed by atoms with E-state index in [1.165, 1.54) is 4.90 Å². The van der Waals surface area contributed by atoms with E-state index in [4.69, 9.17) is 9.47 Å². The molecule has 0 saturated carbocycles. The Hall–Kier alpha value is -2.82. The molecule has 0 atom stereocenters. The van der Waals surface area contributed by atoms with Crippen molar-refractivity contribution in [2.45, 2.75) is 26.5 Å². The molecule has 0 unspecified atom stereocenters. The molecule has 0 spiro atoms. The zero-order valence-electron chi connectivity index (χ0n) is 14.4. The maximum atomic E-state index is 12.4. The van der Waals surface area contributed by atoms with Crippen LogP contribution in [0.5, 0.6) is 0 Å². The van der Waals surface area contributed by atoms with Gasteiger partial charge in [0.15, 0.2) is 0 Å². The van der Waals surface area contributed by atoms with Crippen molar-refractivity contribution in [2.75, 3.05) is 13.2 Å². The van der Waals surface area contributed by atoms with E-state index in [2.05, 4.69) is 0 Å². The van der Waals surface area contributed by atoms with E-state index in [-0.39, 0.29) is 25.5 Å². The molecule has 0 bridgehead atoms. The Balaban J connectivity index is 1.96. The second-order valence-electron chi connectivity index (χ2n) is 5.50. The average Bonchev–Trinajstić information content (AvgIpc) is 2.65. The van der Waals surface area contributed by atoms with Crippen molar-refractivity contribution in [2.24, 2.45) is 0 Å². The number of benzene rings is 2. The maximum absolute atomic E-state index is 12.4. The van der Waals surface area contributed by atoms with Crippen LogP contribution in [0.15, 0.2) is 60.7 Å². The Kier molecular flexibility index (Phi) is 7.50. The van der Waals surface area contributed by atoms with Gasteiger partial charge in [-0.25, -0.2) is 4.79 Å². The SMILES string of the molecule is CCOC(=O)CCN(Cc1ccccc1)C(=O)OCc1ccccc1. The monoisotopic (exact) mass is 341 g/mol. The molecule has 0 saturated heterocycles. The Morgan fingerprint density at radius 3 is 2.08 bits per heavy atom. The fourth-order valence-corrected chi connectivity index (χ4v) is 2.31. The lowest BCUT2D eigenvalue weighted by molar-refractivity contribution is -0.143. The molecule has 0 aliphatic heterocycles. The number of carbonyl (C=O) groups excluding carboxylic acids is 2. The van der Waals surface area contributed by atoms with Crippen molar-refractivity contribution in [3.05, 3.63) is 71.8 Å².